The number of para-hydroxylation sites is 1. The molecule has 1 atom stereocenters. The van der Waals surface area contributed by atoms with E-state index in [1.807, 2.05) is 0 Å². The lowest BCUT2D eigenvalue weighted by atomic mass is 10.1. The molecule has 122 valence electrons. The van der Waals surface area contributed by atoms with Crippen LogP contribution in [0.3, 0.4) is 0 Å². The molecule has 1 aliphatic rings. The molecule has 0 bridgehead atoms. The normalized spacial score (nSPS) is 17.3. The number of amides is 1. The highest BCUT2D eigenvalue weighted by molar-refractivity contribution is 5.98. The van der Waals surface area contributed by atoms with Gasteiger partial charge in [0.25, 0.3) is 5.91 Å². The van der Waals surface area contributed by atoms with E-state index in [4.69, 9.17) is 14.0 Å². The van der Waals surface area contributed by atoms with E-state index in [0.29, 0.717) is 41.9 Å². The fraction of sp³-hybridized carbons (Fsp3) is 0.438. The van der Waals surface area contributed by atoms with E-state index in [9.17, 15) is 4.79 Å². The molecule has 1 aromatic carbocycles. The molecule has 2 aromatic rings. The summed E-state index contributed by atoms with van der Waals surface area (Å²) in [6.07, 6.45) is 0.805. The molecule has 0 aliphatic carbocycles. The Morgan fingerprint density at radius 2 is 2.17 bits per heavy atom. The maximum atomic E-state index is 12.8. The number of hydrogen-bond acceptors (Lipinski definition) is 6. The van der Waals surface area contributed by atoms with E-state index in [1.54, 1.807) is 37.1 Å². The highest BCUT2D eigenvalue weighted by Crippen LogP contribution is 2.33. The van der Waals surface area contributed by atoms with E-state index < -0.39 is 0 Å². The number of benzene rings is 1. The maximum Gasteiger partial charge on any atom is 0.257 e. The minimum atomic E-state index is -0.0838. The summed E-state index contributed by atoms with van der Waals surface area (Å²) in [5.74, 6) is 2.20. The Bertz CT molecular complexity index is 713. The van der Waals surface area contributed by atoms with Crippen molar-refractivity contribution in [2.75, 3.05) is 27.3 Å². The molecule has 0 N–H and O–H groups in total. The molecule has 3 rings (SSSR count). The minimum Gasteiger partial charge on any atom is -0.493 e. The van der Waals surface area contributed by atoms with Gasteiger partial charge >= 0.3 is 0 Å². The van der Waals surface area contributed by atoms with Crippen molar-refractivity contribution in [1.82, 2.24) is 15.0 Å². The van der Waals surface area contributed by atoms with Crippen molar-refractivity contribution in [2.24, 2.45) is 0 Å². The molecule has 7 heteroatoms. The minimum absolute atomic E-state index is 0.0803. The molecule has 7 nitrogen and oxygen atoms in total. The number of likely N-dealkylation sites (tertiary alicyclic amines) is 1. The van der Waals surface area contributed by atoms with Gasteiger partial charge in [0.05, 0.1) is 25.7 Å². The SMILES string of the molecule is COc1cccc(C(=O)N2CC[C@H](c3nc(C)no3)C2)c1OC. The number of methoxy groups -OCH3 is 2. The zero-order chi connectivity index (χ0) is 16.4. The monoisotopic (exact) mass is 317 g/mol. The van der Waals surface area contributed by atoms with Crippen molar-refractivity contribution in [3.05, 3.63) is 35.5 Å². The molecule has 1 aromatic heterocycles. The predicted octanol–water partition coefficient (Wildman–Crippen LogP) is 2.02. The van der Waals surface area contributed by atoms with E-state index in [2.05, 4.69) is 10.1 Å². The summed E-state index contributed by atoms with van der Waals surface area (Å²) in [7, 11) is 3.08. The Morgan fingerprint density at radius 1 is 1.35 bits per heavy atom. The first-order chi connectivity index (χ1) is 11.1. The molecular formula is C16H19N3O4. The molecule has 1 aliphatic heterocycles. The van der Waals surface area contributed by atoms with Crippen LogP contribution >= 0.6 is 0 Å². The van der Waals surface area contributed by atoms with Gasteiger partial charge in [-0.25, -0.2) is 0 Å². The summed E-state index contributed by atoms with van der Waals surface area (Å²) in [6, 6.07) is 5.29. The van der Waals surface area contributed by atoms with Gasteiger partial charge in [-0.05, 0) is 25.5 Å². The van der Waals surface area contributed by atoms with E-state index >= 15 is 0 Å². The average molecular weight is 317 g/mol. The molecule has 1 saturated heterocycles. The van der Waals surface area contributed by atoms with Crippen LogP contribution in [0.15, 0.2) is 22.7 Å². The summed E-state index contributed by atoms with van der Waals surface area (Å²) >= 11 is 0. The number of aryl methyl sites for hydroxylation is 1. The Kier molecular flexibility index (Phi) is 4.18. The number of carbonyl (C=O) groups excluding carboxylic acids is 1. The summed E-state index contributed by atoms with van der Waals surface area (Å²) in [6.45, 7) is 2.98. The van der Waals surface area contributed by atoms with Crippen LogP contribution in [0.25, 0.3) is 0 Å². The van der Waals surface area contributed by atoms with Crippen LogP contribution in [0.1, 0.15) is 34.4 Å². The van der Waals surface area contributed by atoms with Crippen molar-refractivity contribution in [3.63, 3.8) is 0 Å². The first-order valence-electron chi connectivity index (χ1n) is 7.44. The number of aromatic nitrogens is 2. The lowest BCUT2D eigenvalue weighted by Crippen LogP contribution is -2.29. The van der Waals surface area contributed by atoms with Crippen LogP contribution in [-0.4, -0.2) is 48.3 Å². The number of rotatable bonds is 4. The van der Waals surface area contributed by atoms with Gasteiger partial charge in [-0.15, -0.1) is 0 Å². The second-order valence-electron chi connectivity index (χ2n) is 5.46. The van der Waals surface area contributed by atoms with E-state index in [1.165, 1.54) is 7.11 Å². The summed E-state index contributed by atoms with van der Waals surface area (Å²) < 4.78 is 15.8. The zero-order valence-electron chi connectivity index (χ0n) is 13.4. The van der Waals surface area contributed by atoms with Crippen LogP contribution in [-0.2, 0) is 0 Å². The van der Waals surface area contributed by atoms with Gasteiger partial charge in [-0.2, -0.15) is 4.98 Å². The smallest absolute Gasteiger partial charge is 0.257 e. The van der Waals surface area contributed by atoms with Crippen LogP contribution in [0.4, 0.5) is 0 Å². The average Bonchev–Trinajstić information content (AvgIpc) is 3.22. The van der Waals surface area contributed by atoms with E-state index in [0.717, 1.165) is 6.42 Å². The van der Waals surface area contributed by atoms with Gasteiger partial charge in [-0.1, -0.05) is 11.2 Å². The third-order valence-electron chi connectivity index (χ3n) is 4.00. The highest BCUT2D eigenvalue weighted by atomic mass is 16.5. The van der Waals surface area contributed by atoms with Gasteiger partial charge < -0.3 is 18.9 Å². The second-order valence-corrected chi connectivity index (χ2v) is 5.46. The van der Waals surface area contributed by atoms with Crippen LogP contribution in [0, 0.1) is 6.92 Å². The largest absolute Gasteiger partial charge is 0.493 e. The molecule has 0 saturated carbocycles. The number of hydrogen-bond donors (Lipinski definition) is 0. The van der Waals surface area contributed by atoms with Gasteiger partial charge in [0, 0.05) is 13.1 Å². The molecule has 23 heavy (non-hydrogen) atoms. The van der Waals surface area contributed by atoms with E-state index in [-0.39, 0.29) is 11.8 Å². The van der Waals surface area contributed by atoms with Gasteiger partial charge in [-0.3, -0.25) is 4.79 Å². The van der Waals surface area contributed by atoms with Crippen molar-refractivity contribution in [1.29, 1.82) is 0 Å². The number of carbonyl (C=O) groups is 1. The lowest BCUT2D eigenvalue weighted by molar-refractivity contribution is 0.0785. The first-order valence-corrected chi connectivity index (χ1v) is 7.44. The standard InChI is InChI=1S/C16H19N3O4/c1-10-17-15(23-18-10)11-7-8-19(9-11)16(20)12-5-4-6-13(21-2)14(12)22-3/h4-6,11H,7-9H2,1-3H3/t11-/m0/s1. The van der Waals surface area contributed by atoms with Crippen molar-refractivity contribution in [3.8, 4) is 11.5 Å². The zero-order valence-corrected chi connectivity index (χ0v) is 13.4. The topological polar surface area (TPSA) is 77.7 Å². The number of nitrogens with zero attached hydrogens (tertiary/aromatic N) is 3. The summed E-state index contributed by atoms with van der Waals surface area (Å²) in [5.41, 5.74) is 0.495. The van der Waals surface area contributed by atoms with Gasteiger partial charge in [0.1, 0.15) is 0 Å². The van der Waals surface area contributed by atoms with Crippen LogP contribution < -0.4 is 9.47 Å². The summed E-state index contributed by atoms with van der Waals surface area (Å²) in [5, 5.41) is 3.81. The Labute approximate surface area is 134 Å². The molecular weight excluding hydrogens is 298 g/mol. The Hall–Kier alpha value is -2.57. The van der Waals surface area contributed by atoms with Crippen LogP contribution in [0.2, 0.25) is 0 Å². The molecule has 1 fully saturated rings. The fourth-order valence-corrected chi connectivity index (χ4v) is 2.85. The first kappa shape index (κ1) is 15.3. The maximum absolute atomic E-state index is 12.8. The lowest BCUT2D eigenvalue weighted by Gasteiger charge is -2.18. The molecule has 0 radical (unpaired) electrons. The van der Waals surface area contributed by atoms with Crippen molar-refractivity contribution >= 4 is 5.91 Å². The van der Waals surface area contributed by atoms with Gasteiger partial charge in [0.2, 0.25) is 5.89 Å². The fourth-order valence-electron chi connectivity index (χ4n) is 2.85. The molecule has 2 heterocycles. The van der Waals surface area contributed by atoms with Crippen molar-refractivity contribution < 1.29 is 18.8 Å². The van der Waals surface area contributed by atoms with Crippen molar-refractivity contribution in [2.45, 2.75) is 19.3 Å². The predicted molar refractivity (Wildman–Crippen MR) is 81.8 cm³/mol. The van der Waals surface area contributed by atoms with Crippen LogP contribution in [0.5, 0.6) is 11.5 Å². The second kappa shape index (κ2) is 6.28. The third kappa shape index (κ3) is 2.86. The molecule has 0 unspecified atom stereocenters. The Morgan fingerprint density at radius 3 is 2.83 bits per heavy atom. The molecule has 0 spiro atoms. The summed E-state index contributed by atoms with van der Waals surface area (Å²) in [4.78, 5) is 18.8. The number of ether oxygens (including phenoxy) is 2. The Balaban J connectivity index is 1.79. The quantitative estimate of drug-likeness (QED) is 0.858. The van der Waals surface area contributed by atoms with Gasteiger partial charge in [0.15, 0.2) is 17.3 Å². The molecule has 1 amide bonds. The highest BCUT2D eigenvalue weighted by Gasteiger charge is 2.32. The third-order valence-corrected chi connectivity index (χ3v) is 4.00.